The third-order valence-electron chi connectivity index (χ3n) is 5.30. The summed E-state index contributed by atoms with van der Waals surface area (Å²) in [6.07, 6.45) is 1.13. The van der Waals surface area contributed by atoms with Crippen LogP contribution in [0.3, 0.4) is 0 Å². The Hall–Kier alpha value is -2.19. The van der Waals surface area contributed by atoms with Gasteiger partial charge in [-0.25, -0.2) is 0 Å². The summed E-state index contributed by atoms with van der Waals surface area (Å²) in [5.74, 6) is 0. The van der Waals surface area contributed by atoms with Crippen LogP contribution in [0.15, 0.2) is 76.5 Å². The van der Waals surface area contributed by atoms with Crippen LogP contribution in [0.5, 0.6) is 0 Å². The molecule has 2 heteroatoms. The number of para-hydroxylation sites is 1. The Morgan fingerprint density at radius 3 is 2.14 bits per heavy atom. The second-order valence-electron chi connectivity index (χ2n) is 9.57. The average molecular weight is 388 g/mol. The molecule has 1 nitrogen and oxygen atoms in total. The second kappa shape index (κ2) is 7.00. The molecule has 0 saturated heterocycles. The first-order valence-electron chi connectivity index (χ1n) is 10.0. The molecule has 0 spiro atoms. The minimum Gasteiger partial charge on any atom is -0.353 e. The first kappa shape index (κ1) is 19.1. The highest BCUT2D eigenvalue weighted by Crippen LogP contribution is 2.51. The summed E-state index contributed by atoms with van der Waals surface area (Å²) in [6, 6.07) is 24.1. The zero-order valence-corrected chi connectivity index (χ0v) is 18.3. The summed E-state index contributed by atoms with van der Waals surface area (Å²) in [7, 11) is 0. The highest BCUT2D eigenvalue weighted by Gasteiger charge is 2.32. The molecule has 28 heavy (non-hydrogen) atoms. The molecule has 1 heterocycles. The van der Waals surface area contributed by atoms with Crippen LogP contribution in [-0.2, 0) is 5.41 Å². The molecule has 4 rings (SSSR count). The van der Waals surface area contributed by atoms with Crippen molar-refractivity contribution < 1.29 is 0 Å². The standard InChI is InChI=1S/C26H29NS/c1-25(2,3)17-26(4,5)19-15-16-22-24(23(19)18-11-7-6-8-12-18)27-20-13-9-10-14-21(20)28-22/h6-16,27H,17H2,1-5H3. The molecule has 0 bridgehead atoms. The van der Waals surface area contributed by atoms with Crippen molar-refractivity contribution >= 4 is 23.1 Å². The van der Waals surface area contributed by atoms with E-state index in [9.17, 15) is 0 Å². The van der Waals surface area contributed by atoms with Gasteiger partial charge in [-0.15, -0.1) is 0 Å². The molecule has 144 valence electrons. The van der Waals surface area contributed by atoms with Crippen molar-refractivity contribution in [3.05, 3.63) is 72.3 Å². The van der Waals surface area contributed by atoms with Gasteiger partial charge in [0.05, 0.1) is 11.4 Å². The molecule has 0 unspecified atom stereocenters. The summed E-state index contributed by atoms with van der Waals surface area (Å²) in [5.41, 5.74) is 6.82. The minimum atomic E-state index is 0.0712. The van der Waals surface area contributed by atoms with Crippen LogP contribution in [-0.4, -0.2) is 0 Å². The van der Waals surface area contributed by atoms with Crippen LogP contribution >= 0.6 is 11.8 Å². The molecule has 0 amide bonds. The van der Waals surface area contributed by atoms with E-state index < -0.39 is 0 Å². The lowest BCUT2D eigenvalue weighted by atomic mass is 9.70. The molecule has 0 aromatic heterocycles. The first-order chi connectivity index (χ1) is 13.2. The Bertz CT molecular complexity index is 997. The highest BCUT2D eigenvalue weighted by molar-refractivity contribution is 7.99. The summed E-state index contributed by atoms with van der Waals surface area (Å²) in [4.78, 5) is 2.59. The largest absolute Gasteiger partial charge is 0.353 e. The topological polar surface area (TPSA) is 12.0 Å². The Balaban J connectivity index is 1.92. The lowest BCUT2D eigenvalue weighted by Crippen LogP contribution is -2.26. The first-order valence-corrected chi connectivity index (χ1v) is 10.8. The van der Waals surface area contributed by atoms with Gasteiger partial charge >= 0.3 is 0 Å². The van der Waals surface area contributed by atoms with Crippen LogP contribution in [0.25, 0.3) is 11.1 Å². The predicted molar refractivity (Wildman–Crippen MR) is 123 cm³/mol. The maximum Gasteiger partial charge on any atom is 0.0609 e. The van der Waals surface area contributed by atoms with Crippen LogP contribution in [0, 0.1) is 5.41 Å². The second-order valence-corrected chi connectivity index (χ2v) is 10.7. The fourth-order valence-corrected chi connectivity index (χ4v) is 5.60. The zero-order chi connectivity index (χ0) is 19.9. The number of hydrogen-bond acceptors (Lipinski definition) is 2. The van der Waals surface area contributed by atoms with E-state index in [4.69, 9.17) is 0 Å². The molecule has 0 saturated carbocycles. The summed E-state index contributed by atoms with van der Waals surface area (Å²) in [6.45, 7) is 11.8. The van der Waals surface area contributed by atoms with Gasteiger partial charge in [-0.1, -0.05) is 94.9 Å². The maximum atomic E-state index is 3.76. The van der Waals surface area contributed by atoms with E-state index in [1.165, 1.54) is 37.9 Å². The van der Waals surface area contributed by atoms with Gasteiger partial charge in [0.15, 0.2) is 0 Å². The molecule has 0 atom stereocenters. The van der Waals surface area contributed by atoms with Gasteiger partial charge in [0.1, 0.15) is 0 Å². The molecule has 0 fully saturated rings. The monoisotopic (exact) mass is 387 g/mol. The molecule has 3 aromatic carbocycles. The number of nitrogens with one attached hydrogen (secondary N) is 1. The van der Waals surface area contributed by atoms with Crippen molar-refractivity contribution in [1.82, 2.24) is 0 Å². The molecule has 3 aromatic rings. The van der Waals surface area contributed by atoms with Crippen molar-refractivity contribution in [2.45, 2.75) is 56.2 Å². The van der Waals surface area contributed by atoms with Gasteiger partial charge in [-0.3, -0.25) is 0 Å². The third-order valence-corrected chi connectivity index (χ3v) is 6.43. The van der Waals surface area contributed by atoms with Gasteiger partial charge in [0, 0.05) is 15.4 Å². The summed E-state index contributed by atoms with van der Waals surface area (Å²) in [5, 5.41) is 3.76. The van der Waals surface area contributed by atoms with Crippen LogP contribution < -0.4 is 5.32 Å². The van der Waals surface area contributed by atoms with Gasteiger partial charge in [-0.05, 0) is 46.6 Å². The van der Waals surface area contributed by atoms with E-state index in [1.54, 1.807) is 0 Å². The Labute approximate surface area is 173 Å². The predicted octanol–water partition coefficient (Wildman–Crippen LogP) is 8.28. The van der Waals surface area contributed by atoms with E-state index in [0.717, 1.165) is 6.42 Å². The summed E-state index contributed by atoms with van der Waals surface area (Å²) >= 11 is 1.86. The zero-order valence-electron chi connectivity index (χ0n) is 17.5. The Morgan fingerprint density at radius 2 is 1.43 bits per heavy atom. The SMILES string of the molecule is CC(C)(C)CC(C)(C)c1ccc2c(c1-c1ccccc1)Nc1ccccc1S2. The fourth-order valence-electron chi connectivity index (χ4n) is 4.59. The van der Waals surface area contributed by atoms with E-state index in [2.05, 4.69) is 107 Å². The molecular weight excluding hydrogens is 358 g/mol. The molecule has 0 radical (unpaired) electrons. The van der Waals surface area contributed by atoms with Crippen LogP contribution in [0.1, 0.15) is 46.6 Å². The number of hydrogen-bond donors (Lipinski definition) is 1. The Kier molecular flexibility index (Phi) is 4.79. The molecule has 0 aliphatic carbocycles. The molecule has 1 aliphatic rings. The van der Waals surface area contributed by atoms with Gasteiger partial charge in [0.25, 0.3) is 0 Å². The number of rotatable bonds is 3. The van der Waals surface area contributed by atoms with Crippen LogP contribution in [0.2, 0.25) is 0 Å². The number of anilines is 2. The maximum absolute atomic E-state index is 3.76. The third kappa shape index (κ3) is 3.71. The molecular formula is C26H29NS. The van der Waals surface area contributed by atoms with Crippen molar-refractivity contribution in [3.8, 4) is 11.1 Å². The normalized spacial score (nSPS) is 13.5. The van der Waals surface area contributed by atoms with E-state index in [0.29, 0.717) is 0 Å². The minimum absolute atomic E-state index is 0.0712. The van der Waals surface area contributed by atoms with Crippen molar-refractivity contribution in [2.24, 2.45) is 5.41 Å². The quantitative estimate of drug-likeness (QED) is 0.379. The van der Waals surface area contributed by atoms with E-state index >= 15 is 0 Å². The molecule has 1 N–H and O–H groups in total. The number of benzene rings is 3. The van der Waals surface area contributed by atoms with Crippen molar-refractivity contribution in [3.63, 3.8) is 0 Å². The lowest BCUT2D eigenvalue weighted by molar-refractivity contribution is 0.284. The van der Waals surface area contributed by atoms with E-state index in [1.807, 2.05) is 11.8 Å². The van der Waals surface area contributed by atoms with Gasteiger partial charge in [0.2, 0.25) is 0 Å². The fraction of sp³-hybridized carbons (Fsp3) is 0.308. The summed E-state index contributed by atoms with van der Waals surface area (Å²) < 4.78 is 0. The van der Waals surface area contributed by atoms with Gasteiger partial charge < -0.3 is 5.32 Å². The average Bonchev–Trinajstić information content (AvgIpc) is 2.64. The van der Waals surface area contributed by atoms with Crippen LogP contribution in [0.4, 0.5) is 11.4 Å². The Morgan fingerprint density at radius 1 is 0.750 bits per heavy atom. The lowest BCUT2D eigenvalue weighted by Gasteiger charge is -2.36. The van der Waals surface area contributed by atoms with E-state index in [-0.39, 0.29) is 10.8 Å². The highest BCUT2D eigenvalue weighted by atomic mass is 32.2. The molecule has 1 aliphatic heterocycles. The van der Waals surface area contributed by atoms with Crippen molar-refractivity contribution in [1.29, 1.82) is 0 Å². The van der Waals surface area contributed by atoms with Gasteiger partial charge in [-0.2, -0.15) is 0 Å². The number of fused-ring (bicyclic) bond motifs is 2. The van der Waals surface area contributed by atoms with Crippen molar-refractivity contribution in [2.75, 3.05) is 5.32 Å². The smallest absolute Gasteiger partial charge is 0.0609 e.